The largest absolute Gasteiger partial charge is 0.359 e. The van der Waals surface area contributed by atoms with Crippen LogP contribution in [0.4, 0.5) is 0 Å². The summed E-state index contributed by atoms with van der Waals surface area (Å²) in [5, 5.41) is 2.60. The molecule has 3 rings (SSSR count). The quantitative estimate of drug-likeness (QED) is 0.801. The molecule has 0 bridgehead atoms. The fourth-order valence-electron chi connectivity index (χ4n) is 3.41. The monoisotopic (exact) mass is 332 g/mol. The first-order chi connectivity index (χ1) is 11.6. The maximum Gasteiger partial charge on any atom is 0.225 e. The second-order valence-electron chi connectivity index (χ2n) is 6.54. The van der Waals surface area contributed by atoms with Crippen molar-refractivity contribution in [1.82, 2.24) is 19.7 Å². The van der Waals surface area contributed by atoms with Crippen LogP contribution in [0, 0.1) is 5.92 Å². The summed E-state index contributed by atoms with van der Waals surface area (Å²) in [5.74, 6) is -0.168. The highest BCUT2D eigenvalue weighted by Gasteiger charge is 2.42. The Balaban J connectivity index is 1.39. The molecule has 0 radical (unpaired) electrons. The van der Waals surface area contributed by atoms with Crippen molar-refractivity contribution in [2.75, 3.05) is 26.7 Å². The van der Waals surface area contributed by atoms with E-state index in [0.717, 1.165) is 13.0 Å². The van der Waals surface area contributed by atoms with E-state index >= 15 is 0 Å². The van der Waals surface area contributed by atoms with Gasteiger partial charge in [-0.15, -0.1) is 0 Å². The molecule has 1 atom stereocenters. The van der Waals surface area contributed by atoms with Crippen LogP contribution in [0.3, 0.4) is 0 Å². The van der Waals surface area contributed by atoms with Gasteiger partial charge in [0.15, 0.2) is 0 Å². The molecule has 7 heteroatoms. The van der Waals surface area contributed by atoms with Crippen molar-refractivity contribution in [3.8, 4) is 0 Å². The fourth-order valence-corrected chi connectivity index (χ4v) is 3.41. The topological polar surface area (TPSA) is 74.7 Å². The summed E-state index contributed by atoms with van der Waals surface area (Å²) in [6.45, 7) is 2.50. The van der Waals surface area contributed by atoms with E-state index < -0.39 is 0 Å². The van der Waals surface area contributed by atoms with E-state index in [1.54, 1.807) is 16.8 Å². The summed E-state index contributed by atoms with van der Waals surface area (Å²) >= 11 is 0. The number of hydrogen-bond donors (Lipinski definition) is 1. The van der Waals surface area contributed by atoms with Crippen LogP contribution in [0.1, 0.15) is 19.3 Å². The van der Waals surface area contributed by atoms with Crippen molar-refractivity contribution in [2.24, 2.45) is 5.92 Å². The van der Waals surface area contributed by atoms with Crippen molar-refractivity contribution in [1.29, 1.82) is 0 Å². The third kappa shape index (κ3) is 3.44. The van der Waals surface area contributed by atoms with E-state index in [0.29, 0.717) is 26.1 Å². The lowest BCUT2D eigenvalue weighted by molar-refractivity contribution is -0.144. The highest BCUT2D eigenvalue weighted by Crippen LogP contribution is 2.25. The van der Waals surface area contributed by atoms with Gasteiger partial charge in [-0.05, 0) is 18.6 Å². The number of carbonyl (C=O) groups excluding carboxylic acids is 3. The third-order valence-electron chi connectivity index (χ3n) is 4.90. The first kappa shape index (κ1) is 16.5. The Hall–Kier alpha value is -2.31. The van der Waals surface area contributed by atoms with Gasteiger partial charge in [0.05, 0.1) is 12.0 Å². The molecule has 3 heterocycles. The smallest absolute Gasteiger partial charge is 0.225 e. The van der Waals surface area contributed by atoms with Crippen LogP contribution in [0.25, 0.3) is 0 Å². The molecule has 2 aliphatic rings. The zero-order valence-corrected chi connectivity index (χ0v) is 14.0. The Kier molecular flexibility index (Phi) is 4.87. The van der Waals surface area contributed by atoms with Gasteiger partial charge in [0, 0.05) is 58.5 Å². The minimum Gasteiger partial charge on any atom is -0.359 e. The molecule has 7 nitrogen and oxygen atoms in total. The Morgan fingerprint density at radius 1 is 1.21 bits per heavy atom. The van der Waals surface area contributed by atoms with Crippen LogP contribution in [0.15, 0.2) is 24.5 Å². The lowest BCUT2D eigenvalue weighted by Crippen LogP contribution is -2.61. The predicted octanol–water partition coefficient (Wildman–Crippen LogP) is 0.0736. The van der Waals surface area contributed by atoms with Crippen LogP contribution in [-0.4, -0.2) is 64.8 Å². The van der Waals surface area contributed by atoms with Crippen molar-refractivity contribution in [2.45, 2.75) is 31.8 Å². The van der Waals surface area contributed by atoms with Gasteiger partial charge in [0.25, 0.3) is 0 Å². The van der Waals surface area contributed by atoms with E-state index in [2.05, 4.69) is 9.88 Å². The lowest BCUT2D eigenvalue weighted by atomic mass is 10.1. The van der Waals surface area contributed by atoms with Crippen molar-refractivity contribution < 1.29 is 14.4 Å². The molecule has 3 amide bonds. The second kappa shape index (κ2) is 7.07. The van der Waals surface area contributed by atoms with Gasteiger partial charge in [-0.2, -0.15) is 0 Å². The number of amides is 3. The fraction of sp³-hybridized carbons (Fsp3) is 0.588. The number of nitrogens with zero attached hydrogens (tertiary/aromatic N) is 3. The highest BCUT2D eigenvalue weighted by atomic mass is 16.2. The minimum atomic E-state index is -0.256. The van der Waals surface area contributed by atoms with E-state index in [4.69, 9.17) is 0 Å². The summed E-state index contributed by atoms with van der Waals surface area (Å²) < 4.78 is 2.06. The van der Waals surface area contributed by atoms with Crippen molar-refractivity contribution in [3.05, 3.63) is 24.5 Å². The minimum absolute atomic E-state index is 0.0216. The molecule has 1 unspecified atom stereocenters. The van der Waals surface area contributed by atoms with Crippen molar-refractivity contribution in [3.63, 3.8) is 0 Å². The van der Waals surface area contributed by atoms with Gasteiger partial charge >= 0.3 is 0 Å². The first-order valence-electron chi connectivity index (χ1n) is 8.48. The van der Waals surface area contributed by atoms with Crippen LogP contribution in [0.5, 0.6) is 0 Å². The average Bonchev–Trinajstić information content (AvgIpc) is 3.15. The Labute approximate surface area is 141 Å². The predicted molar refractivity (Wildman–Crippen MR) is 87.9 cm³/mol. The number of hydrogen-bond acceptors (Lipinski definition) is 3. The molecule has 0 aliphatic carbocycles. The Bertz CT molecular complexity index is 607. The normalized spacial score (nSPS) is 21.0. The number of aryl methyl sites for hydroxylation is 1. The molecule has 2 fully saturated rings. The molecule has 0 aromatic carbocycles. The maximum absolute atomic E-state index is 12.2. The molecule has 130 valence electrons. The number of likely N-dealkylation sites (tertiary alicyclic amines) is 2. The van der Waals surface area contributed by atoms with Crippen molar-refractivity contribution >= 4 is 17.7 Å². The van der Waals surface area contributed by atoms with Crippen LogP contribution < -0.4 is 5.32 Å². The van der Waals surface area contributed by atoms with Crippen LogP contribution in [-0.2, 0) is 20.9 Å². The summed E-state index contributed by atoms with van der Waals surface area (Å²) in [6, 6.07) is 4.02. The summed E-state index contributed by atoms with van der Waals surface area (Å²) in [4.78, 5) is 39.5. The second-order valence-corrected chi connectivity index (χ2v) is 6.54. The van der Waals surface area contributed by atoms with Gasteiger partial charge in [-0.3, -0.25) is 14.4 Å². The summed E-state index contributed by atoms with van der Waals surface area (Å²) in [5.41, 5.74) is 0. The van der Waals surface area contributed by atoms with Gasteiger partial charge in [0.1, 0.15) is 0 Å². The molecule has 1 aromatic heterocycles. The highest BCUT2D eigenvalue weighted by molar-refractivity contribution is 5.89. The van der Waals surface area contributed by atoms with E-state index in [-0.39, 0.29) is 36.1 Å². The molecule has 2 aliphatic heterocycles. The number of rotatable bonds is 6. The van der Waals surface area contributed by atoms with E-state index in [1.807, 2.05) is 24.5 Å². The molecule has 0 saturated carbocycles. The first-order valence-corrected chi connectivity index (χ1v) is 8.48. The Morgan fingerprint density at radius 2 is 1.92 bits per heavy atom. The SMILES string of the molecule is CNC(=O)C1CC(=O)N(C2CN(C(=O)CCCn3cccc3)C2)C1. The maximum atomic E-state index is 12.2. The third-order valence-corrected chi connectivity index (χ3v) is 4.90. The van der Waals surface area contributed by atoms with E-state index in [9.17, 15) is 14.4 Å². The van der Waals surface area contributed by atoms with Gasteiger partial charge in [-0.25, -0.2) is 0 Å². The number of carbonyl (C=O) groups is 3. The zero-order valence-electron chi connectivity index (χ0n) is 14.0. The molecule has 1 aromatic rings. The molecule has 24 heavy (non-hydrogen) atoms. The molecular weight excluding hydrogens is 308 g/mol. The summed E-state index contributed by atoms with van der Waals surface area (Å²) in [7, 11) is 1.59. The van der Waals surface area contributed by atoms with Crippen LogP contribution >= 0.6 is 0 Å². The number of aromatic nitrogens is 1. The average molecular weight is 332 g/mol. The lowest BCUT2D eigenvalue weighted by Gasteiger charge is -2.44. The molecule has 0 spiro atoms. The zero-order chi connectivity index (χ0) is 17.1. The molecule has 1 N–H and O–H groups in total. The molecule has 2 saturated heterocycles. The summed E-state index contributed by atoms with van der Waals surface area (Å²) in [6.07, 6.45) is 5.61. The Morgan fingerprint density at radius 3 is 2.58 bits per heavy atom. The molecular formula is C17H24N4O3. The number of nitrogens with one attached hydrogen (secondary N) is 1. The van der Waals surface area contributed by atoms with Gasteiger partial charge in [0.2, 0.25) is 17.7 Å². The van der Waals surface area contributed by atoms with E-state index in [1.165, 1.54) is 0 Å². The van der Waals surface area contributed by atoms with Crippen LogP contribution in [0.2, 0.25) is 0 Å². The standard InChI is InChI=1S/C17H24N4O3/c1-18-17(24)13-9-16(23)21(10-13)14-11-20(12-14)15(22)5-4-8-19-6-2-3-7-19/h2-3,6-7,13-14H,4-5,8-12H2,1H3,(H,18,24). The van der Waals surface area contributed by atoms with Gasteiger partial charge in [-0.1, -0.05) is 0 Å². The van der Waals surface area contributed by atoms with Gasteiger partial charge < -0.3 is 19.7 Å².